The van der Waals surface area contributed by atoms with Gasteiger partial charge in [0, 0.05) is 26.2 Å². The van der Waals surface area contributed by atoms with E-state index >= 15 is 0 Å². The molecule has 0 fully saturated rings. The Morgan fingerprint density at radius 2 is 1.73 bits per heavy atom. The number of rotatable bonds is 7. The highest BCUT2D eigenvalue weighted by atomic mass is 16.3. The number of furan rings is 1. The van der Waals surface area contributed by atoms with E-state index in [4.69, 9.17) is 4.42 Å². The lowest BCUT2D eigenvalue weighted by Gasteiger charge is -2.20. The van der Waals surface area contributed by atoms with Crippen molar-refractivity contribution in [2.45, 2.75) is 13.1 Å². The first kappa shape index (κ1) is 19.2. The minimum absolute atomic E-state index is 0.0192. The summed E-state index contributed by atoms with van der Waals surface area (Å²) in [6, 6.07) is 10.2. The van der Waals surface area contributed by atoms with Crippen LogP contribution in [0.15, 0.2) is 47.1 Å². The van der Waals surface area contributed by atoms with E-state index in [2.05, 4.69) is 16.0 Å². The van der Waals surface area contributed by atoms with Crippen molar-refractivity contribution in [1.82, 2.24) is 20.9 Å². The Kier molecular flexibility index (Phi) is 6.92. The van der Waals surface area contributed by atoms with Crippen molar-refractivity contribution in [3.8, 4) is 0 Å². The van der Waals surface area contributed by atoms with Crippen LogP contribution in [0, 0.1) is 0 Å². The van der Waals surface area contributed by atoms with Gasteiger partial charge in [-0.25, -0.2) is 4.79 Å². The van der Waals surface area contributed by atoms with E-state index in [0.29, 0.717) is 24.4 Å². The zero-order chi connectivity index (χ0) is 18.9. The average Bonchev–Trinajstić information content (AvgIpc) is 3.14. The third-order valence-electron chi connectivity index (χ3n) is 3.66. The van der Waals surface area contributed by atoms with Gasteiger partial charge in [-0.3, -0.25) is 19.8 Å². The van der Waals surface area contributed by atoms with E-state index < -0.39 is 11.9 Å². The van der Waals surface area contributed by atoms with Crippen LogP contribution in [-0.2, 0) is 17.9 Å². The van der Waals surface area contributed by atoms with Gasteiger partial charge in [-0.05, 0) is 29.8 Å². The number of carbonyl (C=O) groups is 3. The zero-order valence-electron chi connectivity index (χ0n) is 14.7. The summed E-state index contributed by atoms with van der Waals surface area (Å²) in [5.74, 6) is 0.131. The van der Waals surface area contributed by atoms with Crippen molar-refractivity contribution >= 4 is 17.8 Å². The number of hydrogen-bond acceptors (Lipinski definition) is 5. The van der Waals surface area contributed by atoms with Gasteiger partial charge >= 0.3 is 6.03 Å². The molecule has 0 aliphatic carbocycles. The second kappa shape index (κ2) is 9.38. The maximum atomic E-state index is 12.0. The van der Waals surface area contributed by atoms with Gasteiger partial charge in [0.15, 0.2) is 0 Å². The molecule has 0 atom stereocenters. The van der Waals surface area contributed by atoms with Crippen LogP contribution in [0.1, 0.15) is 21.7 Å². The summed E-state index contributed by atoms with van der Waals surface area (Å²) in [6.07, 6.45) is 1.57. The number of benzene rings is 1. The Hall–Kier alpha value is -3.13. The van der Waals surface area contributed by atoms with Crippen LogP contribution in [-0.4, -0.2) is 43.4 Å². The quantitative estimate of drug-likeness (QED) is 0.688. The van der Waals surface area contributed by atoms with Crippen molar-refractivity contribution in [2.75, 3.05) is 20.6 Å². The lowest BCUT2D eigenvalue weighted by atomic mass is 10.1. The SMILES string of the molecule is CNC(=O)NC(=O)CN(Cc1ccc(C(=O)NC)cc1)Cc1ccco1. The molecule has 26 heavy (non-hydrogen) atoms. The van der Waals surface area contributed by atoms with E-state index in [1.165, 1.54) is 7.05 Å². The van der Waals surface area contributed by atoms with Gasteiger partial charge in [0.1, 0.15) is 5.76 Å². The lowest BCUT2D eigenvalue weighted by Crippen LogP contribution is -2.43. The molecule has 0 saturated carbocycles. The van der Waals surface area contributed by atoms with Crippen LogP contribution >= 0.6 is 0 Å². The lowest BCUT2D eigenvalue weighted by molar-refractivity contribution is -0.121. The molecule has 0 bridgehead atoms. The largest absolute Gasteiger partial charge is 0.468 e. The number of amides is 4. The molecule has 0 aliphatic heterocycles. The molecule has 2 aromatic rings. The smallest absolute Gasteiger partial charge is 0.321 e. The van der Waals surface area contributed by atoms with Crippen LogP contribution < -0.4 is 16.0 Å². The van der Waals surface area contributed by atoms with Gasteiger partial charge in [-0.1, -0.05) is 12.1 Å². The van der Waals surface area contributed by atoms with Crippen molar-refractivity contribution in [2.24, 2.45) is 0 Å². The van der Waals surface area contributed by atoms with Crippen LogP contribution in [0.2, 0.25) is 0 Å². The van der Waals surface area contributed by atoms with E-state index in [1.807, 2.05) is 23.1 Å². The molecule has 0 saturated heterocycles. The number of imide groups is 1. The summed E-state index contributed by atoms with van der Waals surface area (Å²) in [7, 11) is 3.02. The normalized spacial score (nSPS) is 10.4. The Morgan fingerprint density at radius 1 is 1.00 bits per heavy atom. The second-order valence-corrected chi connectivity index (χ2v) is 5.63. The highest BCUT2D eigenvalue weighted by Gasteiger charge is 2.15. The van der Waals surface area contributed by atoms with Crippen molar-refractivity contribution < 1.29 is 18.8 Å². The first-order valence-electron chi connectivity index (χ1n) is 8.09. The summed E-state index contributed by atoms with van der Waals surface area (Å²) >= 11 is 0. The highest BCUT2D eigenvalue weighted by molar-refractivity contribution is 5.95. The molecule has 8 nitrogen and oxygen atoms in total. The van der Waals surface area contributed by atoms with E-state index in [9.17, 15) is 14.4 Å². The van der Waals surface area contributed by atoms with Crippen molar-refractivity contribution in [1.29, 1.82) is 0 Å². The number of nitrogens with zero attached hydrogens (tertiary/aromatic N) is 1. The molecule has 3 N–H and O–H groups in total. The molecule has 8 heteroatoms. The van der Waals surface area contributed by atoms with Gasteiger partial charge in [0.05, 0.1) is 19.4 Å². The number of carbonyl (C=O) groups excluding carboxylic acids is 3. The molecule has 0 unspecified atom stereocenters. The predicted molar refractivity (Wildman–Crippen MR) is 95.3 cm³/mol. The number of nitrogens with one attached hydrogen (secondary N) is 3. The van der Waals surface area contributed by atoms with Crippen LogP contribution in [0.3, 0.4) is 0 Å². The minimum atomic E-state index is -0.553. The maximum Gasteiger partial charge on any atom is 0.321 e. The molecular formula is C18H22N4O4. The van der Waals surface area contributed by atoms with E-state index in [0.717, 1.165) is 5.56 Å². The molecule has 2 rings (SSSR count). The molecule has 1 heterocycles. The Balaban J connectivity index is 2.06. The van der Waals surface area contributed by atoms with Gasteiger partial charge in [0.25, 0.3) is 5.91 Å². The fourth-order valence-electron chi connectivity index (χ4n) is 2.39. The first-order valence-corrected chi connectivity index (χ1v) is 8.09. The molecular weight excluding hydrogens is 336 g/mol. The van der Waals surface area contributed by atoms with Crippen molar-refractivity contribution in [3.63, 3.8) is 0 Å². The average molecular weight is 358 g/mol. The predicted octanol–water partition coefficient (Wildman–Crippen LogP) is 1.10. The zero-order valence-corrected chi connectivity index (χ0v) is 14.7. The Morgan fingerprint density at radius 3 is 2.31 bits per heavy atom. The number of urea groups is 1. The standard InChI is InChI=1S/C18H22N4O4/c1-19-17(24)14-7-5-13(6-8-14)10-22(11-15-4-3-9-26-15)12-16(23)21-18(25)20-2/h3-9H,10-12H2,1-2H3,(H,19,24)(H2,20,21,23,25). The molecule has 4 amide bonds. The summed E-state index contributed by atoms with van der Waals surface area (Å²) in [5.41, 5.74) is 1.49. The molecule has 1 aromatic carbocycles. The molecule has 138 valence electrons. The first-order chi connectivity index (χ1) is 12.5. The summed E-state index contributed by atoms with van der Waals surface area (Å²) in [6.45, 7) is 0.882. The number of hydrogen-bond donors (Lipinski definition) is 3. The Bertz CT molecular complexity index is 741. The fourth-order valence-corrected chi connectivity index (χ4v) is 2.39. The summed E-state index contributed by atoms with van der Waals surface area (Å²) in [5, 5.41) is 7.15. The molecule has 1 aromatic heterocycles. The Labute approximate surface area is 151 Å². The third kappa shape index (κ3) is 5.75. The molecule has 0 spiro atoms. The fraction of sp³-hybridized carbons (Fsp3) is 0.278. The monoisotopic (exact) mass is 358 g/mol. The van der Waals surface area contributed by atoms with Gasteiger partial charge in [0.2, 0.25) is 5.91 Å². The minimum Gasteiger partial charge on any atom is -0.468 e. The molecule has 0 aliphatic rings. The highest BCUT2D eigenvalue weighted by Crippen LogP contribution is 2.12. The van der Waals surface area contributed by atoms with E-state index in [-0.39, 0.29) is 12.5 Å². The second-order valence-electron chi connectivity index (χ2n) is 5.63. The topological polar surface area (TPSA) is 104 Å². The summed E-state index contributed by atoms with van der Waals surface area (Å²) < 4.78 is 5.35. The van der Waals surface area contributed by atoms with Crippen LogP contribution in [0.25, 0.3) is 0 Å². The van der Waals surface area contributed by atoms with Crippen molar-refractivity contribution in [3.05, 3.63) is 59.5 Å². The van der Waals surface area contributed by atoms with E-state index in [1.54, 1.807) is 31.5 Å². The summed E-state index contributed by atoms with van der Waals surface area (Å²) in [4.78, 5) is 36.8. The molecule has 0 radical (unpaired) electrons. The maximum absolute atomic E-state index is 12.0. The van der Waals surface area contributed by atoms with Crippen LogP contribution in [0.4, 0.5) is 4.79 Å². The van der Waals surface area contributed by atoms with Gasteiger partial charge in [-0.15, -0.1) is 0 Å². The third-order valence-corrected chi connectivity index (χ3v) is 3.66. The van der Waals surface area contributed by atoms with Gasteiger partial charge < -0.3 is 15.1 Å². The van der Waals surface area contributed by atoms with Crippen LogP contribution in [0.5, 0.6) is 0 Å². The van der Waals surface area contributed by atoms with Gasteiger partial charge in [-0.2, -0.15) is 0 Å².